The molecule has 2 aromatic carbocycles. The molecule has 0 spiro atoms. The van der Waals surface area contributed by atoms with Crippen molar-refractivity contribution in [3.05, 3.63) is 76.1 Å². The fourth-order valence-electron chi connectivity index (χ4n) is 2.38. The predicted molar refractivity (Wildman–Crippen MR) is 114 cm³/mol. The second-order valence-electron chi connectivity index (χ2n) is 6.35. The van der Waals surface area contributed by atoms with Gasteiger partial charge in [0.05, 0.1) is 10.3 Å². The van der Waals surface area contributed by atoms with Crippen molar-refractivity contribution in [3.63, 3.8) is 0 Å². The summed E-state index contributed by atoms with van der Waals surface area (Å²) in [7, 11) is -3.83. The molecule has 1 N–H and O–H groups in total. The normalized spacial score (nSPS) is 12.8. The lowest BCUT2D eigenvalue weighted by molar-refractivity contribution is -0.136. The molecule has 0 unspecified atom stereocenters. The van der Waals surface area contributed by atoms with Crippen LogP contribution in [0.15, 0.2) is 64.9 Å². The number of hydrogen-bond donors (Lipinski definition) is 1. The molecule has 3 rings (SSSR count). The number of carbonyl (C=O) groups is 1. The highest BCUT2D eigenvalue weighted by Crippen LogP contribution is 2.19. The third-order valence-corrected chi connectivity index (χ3v) is 6.29. The van der Waals surface area contributed by atoms with Gasteiger partial charge in [-0.1, -0.05) is 54.1 Å². The van der Waals surface area contributed by atoms with Crippen LogP contribution < -0.4 is 9.46 Å². The summed E-state index contributed by atoms with van der Waals surface area (Å²) >= 11 is 1.32. The Hall–Kier alpha value is -2.81. The molecule has 1 aromatic heterocycles. The van der Waals surface area contributed by atoms with E-state index in [4.69, 9.17) is 4.74 Å². The first-order valence-corrected chi connectivity index (χ1v) is 11.2. The molecule has 3 aromatic rings. The molecule has 0 bridgehead atoms. The van der Waals surface area contributed by atoms with Crippen molar-refractivity contribution >= 4 is 39.5 Å². The van der Waals surface area contributed by atoms with Crippen LogP contribution >= 0.6 is 11.3 Å². The van der Waals surface area contributed by atoms with E-state index in [1.807, 2.05) is 49.4 Å². The van der Waals surface area contributed by atoms with E-state index in [2.05, 4.69) is 9.71 Å². The van der Waals surface area contributed by atoms with Gasteiger partial charge in [-0.3, -0.25) is 0 Å². The number of rotatable bonds is 7. The summed E-state index contributed by atoms with van der Waals surface area (Å²) in [6.07, 6.45) is 3.73. The second-order valence-corrected chi connectivity index (χ2v) is 8.95. The number of thiazole rings is 1. The quantitative estimate of drug-likeness (QED) is 0.577. The topological polar surface area (TPSA) is 85.4 Å². The Morgan fingerprint density at radius 2 is 1.79 bits per heavy atom. The average molecular weight is 429 g/mol. The van der Waals surface area contributed by atoms with Crippen molar-refractivity contribution in [1.82, 2.24) is 9.71 Å². The van der Waals surface area contributed by atoms with E-state index in [0.29, 0.717) is 5.01 Å². The molecule has 1 atom stereocenters. The Morgan fingerprint density at radius 1 is 1.10 bits per heavy atom. The zero-order valence-corrected chi connectivity index (χ0v) is 17.5. The highest BCUT2D eigenvalue weighted by molar-refractivity contribution is 7.89. The first-order valence-electron chi connectivity index (χ1n) is 8.83. The first-order chi connectivity index (χ1) is 13.8. The number of aryl methyl sites for hydroxylation is 1. The Balaban J connectivity index is 1.60. The van der Waals surface area contributed by atoms with Crippen LogP contribution in [-0.2, 0) is 14.8 Å². The molecule has 0 amide bonds. The molecule has 0 fully saturated rings. The lowest BCUT2D eigenvalue weighted by atomic mass is 10.2. The van der Waals surface area contributed by atoms with Gasteiger partial charge in [-0.25, -0.2) is 18.2 Å². The molecule has 0 aliphatic rings. The van der Waals surface area contributed by atoms with Crippen LogP contribution in [-0.4, -0.2) is 25.4 Å². The number of nitrogens with one attached hydrogen (secondary N) is 1. The van der Waals surface area contributed by atoms with Gasteiger partial charge in [0.2, 0.25) is 15.9 Å². The van der Waals surface area contributed by atoms with Gasteiger partial charge >= 0.3 is 5.97 Å². The molecule has 8 heteroatoms. The minimum Gasteiger partial charge on any atom is -0.405 e. The lowest BCUT2D eigenvalue weighted by Crippen LogP contribution is -2.40. The average Bonchev–Trinajstić information content (AvgIpc) is 3.14. The lowest BCUT2D eigenvalue weighted by Gasteiger charge is -2.12. The summed E-state index contributed by atoms with van der Waals surface area (Å²) in [6, 6.07) is 15.0. The zero-order valence-electron chi connectivity index (χ0n) is 15.9. The van der Waals surface area contributed by atoms with Gasteiger partial charge in [0.15, 0.2) is 0 Å². The molecule has 1 heterocycles. The molecule has 0 radical (unpaired) electrons. The number of sulfonamides is 1. The highest BCUT2D eigenvalue weighted by Gasteiger charge is 2.24. The number of esters is 1. The zero-order chi connectivity index (χ0) is 20.9. The number of nitrogens with zero attached hydrogens (tertiary/aromatic N) is 1. The molecule has 0 saturated heterocycles. The van der Waals surface area contributed by atoms with Gasteiger partial charge in [0, 0.05) is 0 Å². The van der Waals surface area contributed by atoms with E-state index in [-0.39, 0.29) is 10.8 Å². The number of benzene rings is 2. The molecular formula is C21H20N2O4S2. The van der Waals surface area contributed by atoms with E-state index in [0.717, 1.165) is 11.1 Å². The summed E-state index contributed by atoms with van der Waals surface area (Å²) in [5.41, 5.74) is 1.97. The highest BCUT2D eigenvalue weighted by atomic mass is 32.2. The number of hydrogen-bond acceptors (Lipinski definition) is 6. The summed E-state index contributed by atoms with van der Waals surface area (Å²) < 4.78 is 32.3. The van der Waals surface area contributed by atoms with Gasteiger partial charge in [0.25, 0.3) is 0 Å². The third kappa shape index (κ3) is 5.83. The van der Waals surface area contributed by atoms with Gasteiger partial charge in [0.1, 0.15) is 11.0 Å². The summed E-state index contributed by atoms with van der Waals surface area (Å²) in [5, 5.41) is 2.27. The Labute approximate surface area is 173 Å². The second kappa shape index (κ2) is 9.13. The number of ether oxygens (including phenoxy) is 1. The van der Waals surface area contributed by atoms with E-state index in [1.54, 1.807) is 17.5 Å². The van der Waals surface area contributed by atoms with Crippen LogP contribution in [0.4, 0.5) is 0 Å². The molecule has 6 nitrogen and oxygen atoms in total. The van der Waals surface area contributed by atoms with Crippen molar-refractivity contribution < 1.29 is 17.9 Å². The molecule has 0 aliphatic carbocycles. The van der Waals surface area contributed by atoms with Crippen LogP contribution in [0.3, 0.4) is 0 Å². The van der Waals surface area contributed by atoms with Gasteiger partial charge in [-0.15, -0.1) is 11.3 Å². The Morgan fingerprint density at radius 3 is 2.48 bits per heavy atom. The van der Waals surface area contributed by atoms with Gasteiger partial charge in [-0.05, 0) is 37.6 Å². The summed E-state index contributed by atoms with van der Waals surface area (Å²) in [6.45, 7) is 3.29. The Bertz CT molecular complexity index is 1110. The Kier molecular flexibility index (Phi) is 6.58. The van der Waals surface area contributed by atoms with Crippen molar-refractivity contribution in [2.75, 3.05) is 0 Å². The third-order valence-electron chi connectivity index (χ3n) is 3.94. The SMILES string of the molecule is Cc1ccc(S(=O)(=O)N[C@@H](C)C(=O)Oc2csc(C=Cc3ccccc3)n2)cc1. The van der Waals surface area contributed by atoms with Gasteiger partial charge in [-0.2, -0.15) is 4.72 Å². The minimum atomic E-state index is -3.83. The molecule has 0 aliphatic heterocycles. The molecular weight excluding hydrogens is 408 g/mol. The smallest absolute Gasteiger partial charge is 0.330 e. The van der Waals surface area contributed by atoms with Crippen molar-refractivity contribution in [3.8, 4) is 5.88 Å². The van der Waals surface area contributed by atoms with Crippen LogP contribution in [0.25, 0.3) is 12.2 Å². The largest absolute Gasteiger partial charge is 0.405 e. The summed E-state index contributed by atoms with van der Waals surface area (Å²) in [4.78, 5) is 16.6. The van der Waals surface area contributed by atoms with Crippen LogP contribution in [0, 0.1) is 6.92 Å². The van der Waals surface area contributed by atoms with Crippen molar-refractivity contribution in [2.24, 2.45) is 0 Å². The van der Waals surface area contributed by atoms with E-state index >= 15 is 0 Å². The minimum absolute atomic E-state index is 0.0877. The predicted octanol–water partition coefficient (Wildman–Crippen LogP) is 3.89. The van der Waals surface area contributed by atoms with Crippen LogP contribution in [0.5, 0.6) is 5.88 Å². The molecule has 0 saturated carbocycles. The summed E-state index contributed by atoms with van der Waals surface area (Å²) in [5.74, 6) is -0.598. The van der Waals surface area contributed by atoms with E-state index < -0.39 is 22.0 Å². The van der Waals surface area contributed by atoms with E-state index in [1.165, 1.54) is 30.4 Å². The maximum absolute atomic E-state index is 12.4. The van der Waals surface area contributed by atoms with Crippen molar-refractivity contribution in [1.29, 1.82) is 0 Å². The van der Waals surface area contributed by atoms with E-state index in [9.17, 15) is 13.2 Å². The maximum atomic E-state index is 12.4. The molecule has 150 valence electrons. The fraction of sp³-hybridized carbons (Fsp3) is 0.143. The number of aromatic nitrogens is 1. The van der Waals surface area contributed by atoms with Gasteiger partial charge < -0.3 is 4.74 Å². The van der Waals surface area contributed by atoms with Crippen molar-refractivity contribution in [2.45, 2.75) is 24.8 Å². The number of carbonyl (C=O) groups excluding carboxylic acids is 1. The fourth-order valence-corrected chi connectivity index (χ4v) is 4.19. The maximum Gasteiger partial charge on any atom is 0.330 e. The van der Waals surface area contributed by atoms with Crippen LogP contribution in [0.1, 0.15) is 23.1 Å². The molecule has 29 heavy (non-hydrogen) atoms. The standard InChI is InChI=1S/C21H20N2O4S2/c1-15-8-11-18(12-9-15)29(25,26)23-16(2)21(24)27-19-14-28-20(22-19)13-10-17-6-4-3-5-7-17/h3-14,16,23H,1-2H3/t16-/m0/s1. The monoisotopic (exact) mass is 428 g/mol. The van der Waals surface area contributed by atoms with Crippen LogP contribution in [0.2, 0.25) is 0 Å². The first kappa shape index (κ1) is 20.9.